The van der Waals surface area contributed by atoms with Gasteiger partial charge in [-0.3, -0.25) is 4.79 Å². The number of nitrogens with zero attached hydrogens (tertiary/aromatic N) is 3. The Labute approximate surface area is 113 Å². The Bertz CT molecular complexity index is 464. The summed E-state index contributed by atoms with van der Waals surface area (Å²) in [6.07, 6.45) is 0. The van der Waals surface area contributed by atoms with E-state index in [1.54, 1.807) is 12.1 Å². The zero-order valence-electron chi connectivity index (χ0n) is 11.6. The molecule has 1 aromatic rings. The highest BCUT2D eigenvalue weighted by Crippen LogP contribution is 2.19. The van der Waals surface area contributed by atoms with Crippen molar-refractivity contribution in [1.29, 1.82) is 0 Å². The molecular formula is C14H20FN3O. The molecule has 1 aliphatic rings. The van der Waals surface area contributed by atoms with Crippen LogP contribution in [0.25, 0.3) is 0 Å². The molecule has 1 unspecified atom stereocenters. The van der Waals surface area contributed by atoms with Crippen molar-refractivity contribution >= 4 is 11.7 Å². The fourth-order valence-corrected chi connectivity index (χ4v) is 2.42. The normalized spacial score (nSPS) is 19.9. The molecule has 1 amide bonds. The first-order valence-corrected chi connectivity index (χ1v) is 6.67. The van der Waals surface area contributed by atoms with E-state index in [-0.39, 0.29) is 17.9 Å². The van der Waals surface area contributed by atoms with Crippen LogP contribution in [0.4, 0.5) is 10.2 Å². The maximum atomic E-state index is 13.2. The van der Waals surface area contributed by atoms with Crippen molar-refractivity contribution in [2.24, 2.45) is 5.92 Å². The predicted octanol–water partition coefficient (Wildman–Crippen LogP) is 1.91. The SMILES string of the molecule is CC(C)C(=O)N1CCN(c2cccc(F)n2)C(C)C1. The summed E-state index contributed by atoms with van der Waals surface area (Å²) in [5.74, 6) is 0.374. The zero-order valence-corrected chi connectivity index (χ0v) is 11.6. The third kappa shape index (κ3) is 3.03. The molecule has 0 bridgehead atoms. The van der Waals surface area contributed by atoms with Crippen LogP contribution in [-0.2, 0) is 4.79 Å². The van der Waals surface area contributed by atoms with Gasteiger partial charge in [-0.1, -0.05) is 19.9 Å². The molecule has 1 fully saturated rings. The van der Waals surface area contributed by atoms with E-state index < -0.39 is 5.95 Å². The Balaban J connectivity index is 2.07. The molecule has 2 heterocycles. The molecule has 0 radical (unpaired) electrons. The van der Waals surface area contributed by atoms with Crippen molar-refractivity contribution in [1.82, 2.24) is 9.88 Å². The van der Waals surface area contributed by atoms with Crippen LogP contribution < -0.4 is 4.90 Å². The lowest BCUT2D eigenvalue weighted by molar-refractivity contribution is -0.135. The van der Waals surface area contributed by atoms with E-state index in [0.717, 1.165) is 0 Å². The van der Waals surface area contributed by atoms with Gasteiger partial charge in [0, 0.05) is 31.6 Å². The Morgan fingerprint density at radius 3 is 2.74 bits per heavy atom. The fraction of sp³-hybridized carbons (Fsp3) is 0.571. The van der Waals surface area contributed by atoms with Crippen LogP contribution >= 0.6 is 0 Å². The summed E-state index contributed by atoms with van der Waals surface area (Å²) < 4.78 is 13.2. The van der Waals surface area contributed by atoms with Gasteiger partial charge in [0.1, 0.15) is 5.82 Å². The number of hydrogen-bond acceptors (Lipinski definition) is 3. The lowest BCUT2D eigenvalue weighted by atomic mass is 10.1. The maximum Gasteiger partial charge on any atom is 0.225 e. The summed E-state index contributed by atoms with van der Waals surface area (Å²) in [6, 6.07) is 4.95. The minimum atomic E-state index is -0.467. The highest BCUT2D eigenvalue weighted by Gasteiger charge is 2.28. The van der Waals surface area contributed by atoms with Crippen LogP contribution in [-0.4, -0.2) is 41.5 Å². The summed E-state index contributed by atoms with van der Waals surface area (Å²) in [5.41, 5.74) is 0. The van der Waals surface area contributed by atoms with Gasteiger partial charge in [-0.05, 0) is 19.1 Å². The van der Waals surface area contributed by atoms with Crippen LogP contribution in [0, 0.1) is 11.9 Å². The quantitative estimate of drug-likeness (QED) is 0.766. The smallest absolute Gasteiger partial charge is 0.225 e. The molecule has 0 spiro atoms. The van der Waals surface area contributed by atoms with Gasteiger partial charge in [-0.25, -0.2) is 4.98 Å². The standard InChI is InChI=1S/C14H20FN3O/c1-10(2)14(19)17-7-8-18(11(3)9-17)13-6-4-5-12(15)16-13/h4-6,10-11H,7-9H2,1-3H3. The molecule has 1 aromatic heterocycles. The molecule has 1 aliphatic heterocycles. The monoisotopic (exact) mass is 265 g/mol. The van der Waals surface area contributed by atoms with Crippen molar-refractivity contribution in [2.75, 3.05) is 24.5 Å². The van der Waals surface area contributed by atoms with Crippen molar-refractivity contribution < 1.29 is 9.18 Å². The minimum Gasteiger partial charge on any atom is -0.350 e. The van der Waals surface area contributed by atoms with E-state index in [1.165, 1.54) is 6.07 Å². The number of piperazine rings is 1. The average molecular weight is 265 g/mol. The van der Waals surface area contributed by atoms with Crippen molar-refractivity contribution in [3.8, 4) is 0 Å². The predicted molar refractivity (Wildman–Crippen MR) is 72.4 cm³/mol. The van der Waals surface area contributed by atoms with E-state index in [4.69, 9.17) is 0 Å². The van der Waals surface area contributed by atoms with Gasteiger partial charge < -0.3 is 9.80 Å². The lowest BCUT2D eigenvalue weighted by Crippen LogP contribution is -2.54. The molecule has 2 rings (SSSR count). The molecule has 19 heavy (non-hydrogen) atoms. The first-order chi connectivity index (χ1) is 8.99. The van der Waals surface area contributed by atoms with Crippen molar-refractivity contribution in [3.05, 3.63) is 24.1 Å². The second-order valence-electron chi connectivity index (χ2n) is 5.30. The number of rotatable bonds is 2. The van der Waals surface area contributed by atoms with E-state index in [9.17, 15) is 9.18 Å². The number of carbonyl (C=O) groups is 1. The van der Waals surface area contributed by atoms with Gasteiger partial charge in [0.25, 0.3) is 0 Å². The number of anilines is 1. The highest BCUT2D eigenvalue weighted by molar-refractivity contribution is 5.78. The van der Waals surface area contributed by atoms with E-state index >= 15 is 0 Å². The molecule has 0 aliphatic carbocycles. The Hall–Kier alpha value is -1.65. The summed E-state index contributed by atoms with van der Waals surface area (Å²) in [7, 11) is 0. The minimum absolute atomic E-state index is 0.0195. The number of pyridine rings is 1. The second-order valence-corrected chi connectivity index (χ2v) is 5.30. The van der Waals surface area contributed by atoms with Crippen molar-refractivity contribution in [2.45, 2.75) is 26.8 Å². The Morgan fingerprint density at radius 2 is 2.16 bits per heavy atom. The number of carbonyl (C=O) groups excluding carboxylic acids is 1. The molecule has 1 atom stereocenters. The average Bonchev–Trinajstić information content (AvgIpc) is 2.37. The fourth-order valence-electron chi connectivity index (χ4n) is 2.42. The number of amides is 1. The third-order valence-corrected chi connectivity index (χ3v) is 3.43. The van der Waals surface area contributed by atoms with Crippen LogP contribution in [0.2, 0.25) is 0 Å². The molecule has 0 N–H and O–H groups in total. The number of hydrogen-bond donors (Lipinski definition) is 0. The summed E-state index contributed by atoms with van der Waals surface area (Å²) in [4.78, 5) is 19.8. The van der Waals surface area contributed by atoms with E-state index in [0.29, 0.717) is 25.5 Å². The summed E-state index contributed by atoms with van der Waals surface area (Å²) >= 11 is 0. The lowest BCUT2D eigenvalue weighted by Gasteiger charge is -2.41. The number of aromatic nitrogens is 1. The second kappa shape index (κ2) is 5.55. The molecule has 4 nitrogen and oxygen atoms in total. The van der Waals surface area contributed by atoms with Crippen LogP contribution in [0.5, 0.6) is 0 Å². The first-order valence-electron chi connectivity index (χ1n) is 6.67. The molecule has 0 saturated carbocycles. The maximum absolute atomic E-state index is 13.2. The third-order valence-electron chi connectivity index (χ3n) is 3.43. The molecule has 5 heteroatoms. The van der Waals surface area contributed by atoms with Crippen LogP contribution in [0.15, 0.2) is 18.2 Å². The van der Waals surface area contributed by atoms with Gasteiger partial charge in [0.2, 0.25) is 11.9 Å². The van der Waals surface area contributed by atoms with Gasteiger partial charge in [0.15, 0.2) is 0 Å². The van der Waals surface area contributed by atoms with Gasteiger partial charge in [-0.15, -0.1) is 0 Å². The largest absolute Gasteiger partial charge is 0.350 e. The molecule has 0 aromatic carbocycles. The van der Waals surface area contributed by atoms with E-state index in [2.05, 4.69) is 4.98 Å². The molecular weight excluding hydrogens is 245 g/mol. The number of halogens is 1. The van der Waals surface area contributed by atoms with Crippen LogP contribution in [0.3, 0.4) is 0 Å². The van der Waals surface area contributed by atoms with Gasteiger partial charge >= 0.3 is 0 Å². The van der Waals surface area contributed by atoms with Crippen molar-refractivity contribution in [3.63, 3.8) is 0 Å². The van der Waals surface area contributed by atoms with Crippen LogP contribution in [0.1, 0.15) is 20.8 Å². The first kappa shape index (κ1) is 13.8. The molecule has 104 valence electrons. The Kier molecular flexibility index (Phi) is 4.02. The Morgan fingerprint density at radius 1 is 1.42 bits per heavy atom. The zero-order chi connectivity index (χ0) is 14.0. The molecule has 1 saturated heterocycles. The van der Waals surface area contributed by atoms with Gasteiger partial charge in [-0.2, -0.15) is 4.39 Å². The highest BCUT2D eigenvalue weighted by atomic mass is 19.1. The van der Waals surface area contributed by atoms with Gasteiger partial charge in [0.05, 0.1) is 0 Å². The summed E-state index contributed by atoms with van der Waals surface area (Å²) in [5, 5.41) is 0. The van der Waals surface area contributed by atoms with E-state index in [1.807, 2.05) is 30.6 Å². The topological polar surface area (TPSA) is 36.4 Å². The summed E-state index contributed by atoms with van der Waals surface area (Å²) in [6.45, 7) is 7.87.